The number of amides is 1. The Hall–Kier alpha value is -3.18. The van der Waals surface area contributed by atoms with E-state index >= 15 is 0 Å². The van der Waals surface area contributed by atoms with Gasteiger partial charge in [0.25, 0.3) is 5.91 Å². The van der Waals surface area contributed by atoms with Crippen LogP contribution in [-0.2, 0) is 13.2 Å². The van der Waals surface area contributed by atoms with Crippen LogP contribution in [0.4, 0.5) is 5.82 Å². The summed E-state index contributed by atoms with van der Waals surface area (Å²) in [4.78, 5) is 15.9. The summed E-state index contributed by atoms with van der Waals surface area (Å²) < 4.78 is 16.6. The highest BCUT2D eigenvalue weighted by atomic mass is 79.9. The minimum absolute atomic E-state index is 0.0226. The summed E-state index contributed by atoms with van der Waals surface area (Å²) in [5, 5.41) is 12.8. The lowest BCUT2D eigenvalue weighted by Gasteiger charge is -2.15. The van der Waals surface area contributed by atoms with E-state index in [2.05, 4.69) is 46.5 Å². The SMILES string of the molecule is COc1cc(CNCCNC(=O)c2nonc2N)cc(Br)c1OCc1cccnc1. The second kappa shape index (κ2) is 10.6. The number of rotatable bonds is 10. The fraction of sp³-hybridized carbons (Fsp3) is 0.263. The number of nitrogens with two attached hydrogens (primary N) is 1. The van der Waals surface area contributed by atoms with Crippen molar-refractivity contribution in [3.8, 4) is 11.5 Å². The maximum Gasteiger partial charge on any atom is 0.277 e. The molecule has 0 aliphatic rings. The number of nitrogens with zero attached hydrogens (tertiary/aromatic N) is 3. The summed E-state index contributed by atoms with van der Waals surface area (Å²) in [5.41, 5.74) is 7.41. The molecule has 10 nitrogen and oxygen atoms in total. The van der Waals surface area contributed by atoms with Crippen LogP contribution in [0.2, 0.25) is 0 Å². The average Bonchev–Trinajstić information content (AvgIpc) is 3.19. The topological polar surface area (TPSA) is 137 Å². The van der Waals surface area contributed by atoms with Gasteiger partial charge >= 0.3 is 0 Å². The second-order valence-electron chi connectivity index (χ2n) is 6.19. The minimum atomic E-state index is -0.435. The zero-order chi connectivity index (χ0) is 21.3. The normalized spacial score (nSPS) is 10.6. The van der Waals surface area contributed by atoms with Gasteiger partial charge in [-0.25, -0.2) is 4.63 Å². The van der Waals surface area contributed by atoms with Crippen LogP contribution in [0.1, 0.15) is 21.6 Å². The molecular formula is C19H21BrN6O4. The molecule has 0 atom stereocenters. The molecule has 2 aromatic heterocycles. The van der Waals surface area contributed by atoms with Gasteiger partial charge in [0, 0.05) is 37.6 Å². The van der Waals surface area contributed by atoms with Gasteiger partial charge in [-0.15, -0.1) is 0 Å². The summed E-state index contributed by atoms with van der Waals surface area (Å²) in [6, 6.07) is 7.66. The molecule has 4 N–H and O–H groups in total. The Bertz CT molecular complexity index is 982. The number of ether oxygens (including phenoxy) is 2. The first-order valence-electron chi connectivity index (χ1n) is 9.03. The van der Waals surface area contributed by atoms with Crippen molar-refractivity contribution in [3.05, 3.63) is 58.0 Å². The summed E-state index contributed by atoms with van der Waals surface area (Å²) >= 11 is 3.54. The molecule has 0 spiro atoms. The fourth-order valence-corrected chi connectivity index (χ4v) is 3.19. The maximum absolute atomic E-state index is 11.9. The van der Waals surface area contributed by atoms with Gasteiger partial charge in [-0.2, -0.15) is 0 Å². The second-order valence-corrected chi connectivity index (χ2v) is 7.04. The monoisotopic (exact) mass is 476 g/mol. The van der Waals surface area contributed by atoms with Crippen LogP contribution in [-0.4, -0.2) is 41.4 Å². The molecule has 1 amide bonds. The van der Waals surface area contributed by atoms with E-state index < -0.39 is 5.91 Å². The molecule has 2 heterocycles. The molecule has 158 valence electrons. The number of nitrogen functional groups attached to an aromatic ring is 1. The summed E-state index contributed by atoms with van der Waals surface area (Å²) in [5.74, 6) is 0.766. The van der Waals surface area contributed by atoms with Crippen LogP contribution < -0.4 is 25.8 Å². The molecule has 0 saturated carbocycles. The number of halogens is 1. The van der Waals surface area contributed by atoms with E-state index in [1.54, 1.807) is 19.5 Å². The van der Waals surface area contributed by atoms with Gasteiger partial charge in [0.05, 0.1) is 11.6 Å². The highest BCUT2D eigenvalue weighted by molar-refractivity contribution is 9.10. The lowest BCUT2D eigenvalue weighted by atomic mass is 10.2. The molecule has 0 fully saturated rings. The number of carbonyl (C=O) groups is 1. The number of carbonyl (C=O) groups excluding carboxylic acids is 1. The molecule has 1 aromatic carbocycles. The lowest BCUT2D eigenvalue weighted by molar-refractivity contribution is 0.0944. The van der Waals surface area contributed by atoms with Crippen molar-refractivity contribution in [2.24, 2.45) is 0 Å². The van der Waals surface area contributed by atoms with E-state index in [9.17, 15) is 4.79 Å². The number of aromatic nitrogens is 3. The van der Waals surface area contributed by atoms with Crippen LogP contribution in [0.25, 0.3) is 0 Å². The maximum atomic E-state index is 11.9. The molecule has 3 rings (SSSR count). The molecule has 11 heteroatoms. The Morgan fingerprint density at radius 3 is 2.83 bits per heavy atom. The first kappa shape index (κ1) is 21.5. The van der Waals surface area contributed by atoms with E-state index in [0.717, 1.165) is 15.6 Å². The van der Waals surface area contributed by atoms with Crippen molar-refractivity contribution in [3.63, 3.8) is 0 Å². The molecule has 0 aliphatic heterocycles. The quantitative estimate of drug-likeness (QED) is 0.374. The van der Waals surface area contributed by atoms with Crippen LogP contribution in [0.3, 0.4) is 0 Å². The Labute approximate surface area is 181 Å². The highest BCUT2D eigenvalue weighted by Gasteiger charge is 2.15. The summed E-state index contributed by atoms with van der Waals surface area (Å²) in [6.07, 6.45) is 3.47. The predicted octanol–water partition coefficient (Wildman–Crippen LogP) is 1.92. The third kappa shape index (κ3) is 5.67. The van der Waals surface area contributed by atoms with Crippen molar-refractivity contribution in [2.45, 2.75) is 13.2 Å². The van der Waals surface area contributed by atoms with Gasteiger partial charge in [-0.05, 0) is 50.0 Å². The van der Waals surface area contributed by atoms with Crippen LogP contribution in [0, 0.1) is 0 Å². The Morgan fingerprint density at radius 1 is 1.27 bits per heavy atom. The van der Waals surface area contributed by atoms with Gasteiger partial charge in [0.1, 0.15) is 6.61 Å². The van der Waals surface area contributed by atoms with Crippen molar-refractivity contribution in [1.82, 2.24) is 25.9 Å². The van der Waals surface area contributed by atoms with Gasteiger partial charge < -0.3 is 25.8 Å². The Morgan fingerprint density at radius 2 is 2.13 bits per heavy atom. The zero-order valence-corrected chi connectivity index (χ0v) is 17.8. The van der Waals surface area contributed by atoms with Crippen molar-refractivity contribution >= 4 is 27.7 Å². The molecular weight excluding hydrogens is 456 g/mol. The van der Waals surface area contributed by atoms with Gasteiger partial charge in [-0.1, -0.05) is 6.07 Å². The zero-order valence-electron chi connectivity index (χ0n) is 16.2. The summed E-state index contributed by atoms with van der Waals surface area (Å²) in [6.45, 7) is 1.87. The van der Waals surface area contributed by atoms with E-state index in [-0.39, 0.29) is 11.5 Å². The predicted molar refractivity (Wildman–Crippen MR) is 112 cm³/mol. The molecule has 0 bridgehead atoms. The third-order valence-electron chi connectivity index (χ3n) is 4.04. The number of methoxy groups -OCH3 is 1. The smallest absolute Gasteiger partial charge is 0.277 e. The standard InChI is InChI=1S/C19H21BrN6O4/c1-28-15-8-13(7-14(20)17(15)29-11-12-3-2-4-22-9-12)10-23-5-6-24-19(27)16-18(21)26-30-25-16/h2-4,7-9,23H,5-6,10-11H2,1H3,(H2,21,26)(H,24,27). The average molecular weight is 477 g/mol. The number of nitrogens with one attached hydrogen (secondary N) is 2. The van der Waals surface area contributed by atoms with Crippen molar-refractivity contribution in [2.75, 3.05) is 25.9 Å². The van der Waals surface area contributed by atoms with Gasteiger partial charge in [0.15, 0.2) is 11.5 Å². The van der Waals surface area contributed by atoms with Crippen molar-refractivity contribution < 1.29 is 18.9 Å². The van der Waals surface area contributed by atoms with Crippen LogP contribution in [0.15, 0.2) is 45.8 Å². The first-order valence-corrected chi connectivity index (χ1v) is 9.83. The number of hydrogen-bond donors (Lipinski definition) is 3. The number of benzene rings is 1. The van der Waals surface area contributed by atoms with Crippen LogP contribution in [0.5, 0.6) is 11.5 Å². The first-order chi connectivity index (χ1) is 14.6. The third-order valence-corrected chi connectivity index (χ3v) is 4.63. The Balaban J connectivity index is 1.49. The molecule has 0 radical (unpaired) electrons. The van der Waals surface area contributed by atoms with E-state index in [1.165, 1.54) is 0 Å². The highest BCUT2D eigenvalue weighted by Crippen LogP contribution is 2.37. The fourth-order valence-electron chi connectivity index (χ4n) is 2.59. The molecule has 0 unspecified atom stereocenters. The van der Waals surface area contributed by atoms with Crippen molar-refractivity contribution in [1.29, 1.82) is 0 Å². The molecule has 0 saturated heterocycles. The summed E-state index contributed by atoms with van der Waals surface area (Å²) in [7, 11) is 1.59. The number of hydrogen-bond acceptors (Lipinski definition) is 9. The Kier molecular flexibility index (Phi) is 7.57. The number of pyridine rings is 1. The van der Waals surface area contributed by atoms with E-state index in [0.29, 0.717) is 37.7 Å². The van der Waals surface area contributed by atoms with Gasteiger partial charge in [-0.3, -0.25) is 9.78 Å². The van der Waals surface area contributed by atoms with Crippen LogP contribution >= 0.6 is 15.9 Å². The van der Waals surface area contributed by atoms with E-state index in [4.69, 9.17) is 15.2 Å². The number of anilines is 1. The molecule has 3 aromatic rings. The lowest BCUT2D eigenvalue weighted by Crippen LogP contribution is -2.32. The minimum Gasteiger partial charge on any atom is -0.493 e. The van der Waals surface area contributed by atoms with E-state index in [1.807, 2.05) is 24.3 Å². The van der Waals surface area contributed by atoms with Gasteiger partial charge in [0.2, 0.25) is 11.5 Å². The molecule has 30 heavy (non-hydrogen) atoms. The largest absolute Gasteiger partial charge is 0.493 e. The molecule has 0 aliphatic carbocycles.